The van der Waals surface area contributed by atoms with E-state index < -0.39 is 17.7 Å². The maximum Gasteiger partial charge on any atom is 0.323 e. The van der Waals surface area contributed by atoms with Gasteiger partial charge in [-0.3, -0.25) is 0 Å². The molecule has 0 saturated heterocycles. The number of urea groups is 1. The molecular formula is C16H16ClF2N3O. The normalized spacial score (nSPS) is 12.8. The molecule has 0 radical (unpaired) electrons. The number of hydrogen-bond acceptors (Lipinski definition) is 2. The molecule has 0 saturated carbocycles. The van der Waals surface area contributed by atoms with Crippen LogP contribution >= 0.6 is 12.4 Å². The van der Waals surface area contributed by atoms with Crippen molar-refractivity contribution >= 4 is 29.8 Å². The van der Waals surface area contributed by atoms with Gasteiger partial charge in [-0.05, 0) is 48.4 Å². The van der Waals surface area contributed by atoms with Crippen molar-refractivity contribution in [1.82, 2.24) is 5.32 Å². The van der Waals surface area contributed by atoms with Gasteiger partial charge in [0, 0.05) is 24.0 Å². The quantitative estimate of drug-likeness (QED) is 0.782. The fourth-order valence-electron chi connectivity index (χ4n) is 2.42. The summed E-state index contributed by atoms with van der Waals surface area (Å²) in [5.74, 6) is -1.95. The first-order valence-electron chi connectivity index (χ1n) is 6.97. The van der Waals surface area contributed by atoms with Crippen molar-refractivity contribution in [3.63, 3.8) is 0 Å². The minimum Gasteiger partial charge on any atom is -0.312 e. The molecule has 1 heterocycles. The van der Waals surface area contributed by atoms with Crippen LogP contribution < -0.4 is 16.0 Å². The molecule has 0 unspecified atom stereocenters. The topological polar surface area (TPSA) is 53.2 Å². The molecule has 7 heteroatoms. The van der Waals surface area contributed by atoms with Crippen molar-refractivity contribution in [3.8, 4) is 0 Å². The van der Waals surface area contributed by atoms with Crippen LogP contribution in [0.15, 0.2) is 36.4 Å². The van der Waals surface area contributed by atoms with Gasteiger partial charge in [0.1, 0.15) is 0 Å². The maximum absolute atomic E-state index is 13.1. The van der Waals surface area contributed by atoms with Gasteiger partial charge in [-0.25, -0.2) is 13.6 Å². The molecule has 2 aromatic carbocycles. The highest BCUT2D eigenvalue weighted by Crippen LogP contribution is 2.19. The molecule has 0 aliphatic carbocycles. The standard InChI is InChI=1S/C16H15F2N3O.ClH/c17-14-4-3-13(8-15(14)18)21-16(22)20-12-2-1-11-9-19-6-5-10(11)7-12;/h1-4,7-8,19H,5-6,9H2,(H2,20,21,22);1H. The summed E-state index contributed by atoms with van der Waals surface area (Å²) < 4.78 is 25.9. The smallest absolute Gasteiger partial charge is 0.312 e. The molecule has 0 bridgehead atoms. The Balaban J connectivity index is 0.00000192. The molecular weight excluding hydrogens is 324 g/mol. The lowest BCUT2D eigenvalue weighted by Gasteiger charge is -2.18. The molecule has 23 heavy (non-hydrogen) atoms. The SMILES string of the molecule is Cl.O=C(Nc1ccc(F)c(F)c1)Nc1ccc2c(c1)CCNC2. The van der Waals surface area contributed by atoms with Crippen LogP contribution in [0.1, 0.15) is 11.1 Å². The Hall–Kier alpha value is -2.18. The Kier molecular flexibility index (Phi) is 5.52. The lowest BCUT2D eigenvalue weighted by Crippen LogP contribution is -2.24. The third kappa shape index (κ3) is 4.18. The van der Waals surface area contributed by atoms with E-state index >= 15 is 0 Å². The summed E-state index contributed by atoms with van der Waals surface area (Å²) in [5, 5.41) is 8.44. The number of rotatable bonds is 2. The molecule has 3 rings (SSSR count). The largest absolute Gasteiger partial charge is 0.323 e. The fourth-order valence-corrected chi connectivity index (χ4v) is 2.42. The second-order valence-electron chi connectivity index (χ2n) is 5.12. The maximum atomic E-state index is 13.1. The van der Waals surface area contributed by atoms with Crippen LogP contribution in [0.2, 0.25) is 0 Å². The third-order valence-electron chi connectivity index (χ3n) is 3.53. The van der Waals surface area contributed by atoms with E-state index in [1.807, 2.05) is 18.2 Å². The van der Waals surface area contributed by atoms with Crippen LogP contribution in [0, 0.1) is 11.6 Å². The number of hydrogen-bond donors (Lipinski definition) is 3. The summed E-state index contributed by atoms with van der Waals surface area (Å²) in [5.41, 5.74) is 3.28. The highest BCUT2D eigenvalue weighted by molar-refractivity contribution is 5.99. The van der Waals surface area contributed by atoms with Gasteiger partial charge < -0.3 is 16.0 Å². The van der Waals surface area contributed by atoms with Crippen molar-refractivity contribution in [2.45, 2.75) is 13.0 Å². The molecule has 4 nitrogen and oxygen atoms in total. The lowest BCUT2D eigenvalue weighted by atomic mass is 10.0. The molecule has 2 amide bonds. The molecule has 0 atom stereocenters. The van der Waals surface area contributed by atoms with Gasteiger partial charge in [-0.15, -0.1) is 12.4 Å². The van der Waals surface area contributed by atoms with Gasteiger partial charge in [0.05, 0.1) is 0 Å². The average molecular weight is 340 g/mol. The molecule has 1 aliphatic heterocycles. The third-order valence-corrected chi connectivity index (χ3v) is 3.53. The van der Waals surface area contributed by atoms with Gasteiger partial charge in [-0.1, -0.05) is 6.07 Å². The van der Waals surface area contributed by atoms with E-state index in [4.69, 9.17) is 0 Å². The number of anilines is 2. The Morgan fingerprint density at radius 2 is 1.65 bits per heavy atom. The van der Waals surface area contributed by atoms with Crippen molar-refractivity contribution in [3.05, 3.63) is 59.2 Å². The summed E-state index contributed by atoms with van der Waals surface area (Å²) in [6.45, 7) is 1.74. The number of benzene rings is 2. The molecule has 122 valence electrons. The number of carbonyl (C=O) groups is 1. The first kappa shape index (κ1) is 17.2. The summed E-state index contributed by atoms with van der Waals surface area (Å²) >= 11 is 0. The second-order valence-corrected chi connectivity index (χ2v) is 5.12. The Labute approximate surface area is 138 Å². The zero-order valence-electron chi connectivity index (χ0n) is 12.2. The van der Waals surface area contributed by atoms with E-state index in [2.05, 4.69) is 16.0 Å². The Morgan fingerprint density at radius 1 is 0.957 bits per heavy atom. The summed E-state index contributed by atoms with van der Waals surface area (Å²) in [4.78, 5) is 11.9. The van der Waals surface area contributed by atoms with Crippen molar-refractivity contribution in [2.24, 2.45) is 0 Å². The van der Waals surface area contributed by atoms with Crippen molar-refractivity contribution < 1.29 is 13.6 Å². The summed E-state index contributed by atoms with van der Waals surface area (Å²) in [7, 11) is 0. The van der Waals surface area contributed by atoms with Crippen LogP contribution in [0.25, 0.3) is 0 Å². The van der Waals surface area contributed by atoms with E-state index in [9.17, 15) is 13.6 Å². The second kappa shape index (κ2) is 7.39. The zero-order valence-corrected chi connectivity index (χ0v) is 13.0. The van der Waals surface area contributed by atoms with Crippen LogP contribution in [0.3, 0.4) is 0 Å². The van der Waals surface area contributed by atoms with Crippen molar-refractivity contribution in [1.29, 1.82) is 0 Å². The van der Waals surface area contributed by atoms with Crippen LogP contribution in [0.4, 0.5) is 25.0 Å². The minimum atomic E-state index is -1.00. The van der Waals surface area contributed by atoms with Crippen molar-refractivity contribution in [2.75, 3.05) is 17.2 Å². The van der Waals surface area contributed by atoms with E-state index in [1.165, 1.54) is 17.2 Å². The highest BCUT2D eigenvalue weighted by atomic mass is 35.5. The van der Waals surface area contributed by atoms with E-state index in [0.29, 0.717) is 5.69 Å². The summed E-state index contributed by atoms with van der Waals surface area (Å²) in [6.07, 6.45) is 0.912. The van der Waals surface area contributed by atoms with Gasteiger partial charge in [0.2, 0.25) is 0 Å². The highest BCUT2D eigenvalue weighted by Gasteiger charge is 2.11. The zero-order chi connectivity index (χ0) is 15.5. The number of nitrogens with one attached hydrogen (secondary N) is 3. The Bertz CT molecular complexity index is 724. The number of halogens is 3. The molecule has 3 N–H and O–H groups in total. The number of carbonyl (C=O) groups excluding carboxylic acids is 1. The Morgan fingerprint density at radius 3 is 2.39 bits per heavy atom. The van der Waals surface area contributed by atoms with Gasteiger partial charge in [-0.2, -0.15) is 0 Å². The van der Waals surface area contributed by atoms with Crippen LogP contribution in [0.5, 0.6) is 0 Å². The predicted molar refractivity (Wildman–Crippen MR) is 88.1 cm³/mol. The minimum absolute atomic E-state index is 0. The molecule has 0 aromatic heterocycles. The molecule has 0 spiro atoms. The van der Waals surface area contributed by atoms with Gasteiger partial charge in [0.25, 0.3) is 0 Å². The van der Waals surface area contributed by atoms with Gasteiger partial charge >= 0.3 is 6.03 Å². The average Bonchev–Trinajstić information content (AvgIpc) is 2.51. The first-order valence-corrected chi connectivity index (χ1v) is 6.97. The number of fused-ring (bicyclic) bond motifs is 1. The molecule has 2 aromatic rings. The fraction of sp³-hybridized carbons (Fsp3) is 0.188. The molecule has 1 aliphatic rings. The van der Waals surface area contributed by atoms with E-state index in [-0.39, 0.29) is 18.1 Å². The van der Waals surface area contributed by atoms with Gasteiger partial charge in [0.15, 0.2) is 11.6 Å². The predicted octanol–water partition coefficient (Wildman–Crippen LogP) is 3.68. The lowest BCUT2D eigenvalue weighted by molar-refractivity contribution is 0.262. The van der Waals surface area contributed by atoms with E-state index in [0.717, 1.165) is 31.6 Å². The summed E-state index contributed by atoms with van der Waals surface area (Å²) in [6, 6.07) is 8.42. The number of amides is 2. The monoisotopic (exact) mass is 339 g/mol. The van der Waals surface area contributed by atoms with E-state index in [1.54, 1.807) is 0 Å². The van der Waals surface area contributed by atoms with Crippen LogP contribution in [-0.2, 0) is 13.0 Å². The van der Waals surface area contributed by atoms with Crippen LogP contribution in [-0.4, -0.2) is 12.6 Å². The first-order chi connectivity index (χ1) is 10.6. The molecule has 0 fully saturated rings.